The SMILES string of the molecule is CCCCCCC1(Cl)C=CC=C(N)C1. The van der Waals surface area contributed by atoms with Crippen molar-refractivity contribution in [2.24, 2.45) is 5.73 Å². The van der Waals surface area contributed by atoms with Crippen LogP contribution in [0.4, 0.5) is 0 Å². The first-order chi connectivity index (χ1) is 6.66. The van der Waals surface area contributed by atoms with E-state index in [0.717, 1.165) is 18.5 Å². The smallest absolute Gasteiger partial charge is 0.0683 e. The largest absolute Gasteiger partial charge is 0.402 e. The van der Waals surface area contributed by atoms with Gasteiger partial charge in [0, 0.05) is 12.1 Å². The van der Waals surface area contributed by atoms with Crippen LogP contribution in [0.1, 0.15) is 45.4 Å². The zero-order valence-corrected chi connectivity index (χ0v) is 9.69. The lowest BCUT2D eigenvalue weighted by Gasteiger charge is -2.25. The van der Waals surface area contributed by atoms with Crippen molar-refractivity contribution in [3.05, 3.63) is 23.9 Å². The molecule has 0 bridgehead atoms. The van der Waals surface area contributed by atoms with Gasteiger partial charge in [-0.15, -0.1) is 11.6 Å². The van der Waals surface area contributed by atoms with Gasteiger partial charge in [-0.1, -0.05) is 44.8 Å². The molecule has 0 fully saturated rings. The van der Waals surface area contributed by atoms with E-state index >= 15 is 0 Å². The summed E-state index contributed by atoms with van der Waals surface area (Å²) in [7, 11) is 0. The van der Waals surface area contributed by atoms with Crippen molar-refractivity contribution in [2.75, 3.05) is 0 Å². The van der Waals surface area contributed by atoms with E-state index in [1.807, 2.05) is 12.2 Å². The lowest BCUT2D eigenvalue weighted by Crippen LogP contribution is -2.23. The molecule has 0 amide bonds. The topological polar surface area (TPSA) is 26.0 Å². The minimum Gasteiger partial charge on any atom is -0.402 e. The number of hydrogen-bond acceptors (Lipinski definition) is 1. The van der Waals surface area contributed by atoms with Crippen molar-refractivity contribution in [3.8, 4) is 0 Å². The molecule has 2 heteroatoms. The molecule has 1 atom stereocenters. The van der Waals surface area contributed by atoms with Crippen LogP contribution < -0.4 is 5.73 Å². The first-order valence-electron chi connectivity index (χ1n) is 5.49. The zero-order valence-electron chi connectivity index (χ0n) is 8.93. The van der Waals surface area contributed by atoms with Gasteiger partial charge in [-0.25, -0.2) is 0 Å². The van der Waals surface area contributed by atoms with Gasteiger partial charge in [0.2, 0.25) is 0 Å². The molecule has 14 heavy (non-hydrogen) atoms. The second-order valence-electron chi connectivity index (χ2n) is 4.12. The minimum absolute atomic E-state index is 0.202. The minimum atomic E-state index is -0.202. The summed E-state index contributed by atoms with van der Waals surface area (Å²) in [5, 5.41) is 0. The fourth-order valence-electron chi connectivity index (χ4n) is 1.82. The molecule has 1 aliphatic rings. The first-order valence-corrected chi connectivity index (χ1v) is 5.87. The molecule has 0 aromatic rings. The Hall–Kier alpha value is -0.430. The lowest BCUT2D eigenvalue weighted by molar-refractivity contribution is 0.547. The highest BCUT2D eigenvalue weighted by Gasteiger charge is 2.25. The average molecular weight is 214 g/mol. The fraction of sp³-hybridized carbons (Fsp3) is 0.667. The molecule has 2 N–H and O–H groups in total. The van der Waals surface area contributed by atoms with Gasteiger partial charge < -0.3 is 5.73 Å². The average Bonchev–Trinajstić information content (AvgIpc) is 2.12. The molecule has 0 radical (unpaired) electrons. The van der Waals surface area contributed by atoms with Gasteiger partial charge in [-0.05, 0) is 12.5 Å². The van der Waals surface area contributed by atoms with Crippen LogP contribution in [0.2, 0.25) is 0 Å². The van der Waals surface area contributed by atoms with Crippen LogP contribution in [-0.4, -0.2) is 4.87 Å². The molecular formula is C12H20ClN. The lowest BCUT2D eigenvalue weighted by atomic mass is 9.92. The fourth-order valence-corrected chi connectivity index (χ4v) is 2.18. The molecule has 0 aliphatic heterocycles. The Bertz CT molecular complexity index is 232. The molecule has 1 nitrogen and oxygen atoms in total. The van der Waals surface area contributed by atoms with Gasteiger partial charge in [0.15, 0.2) is 0 Å². The van der Waals surface area contributed by atoms with Crippen molar-refractivity contribution < 1.29 is 0 Å². The summed E-state index contributed by atoms with van der Waals surface area (Å²) in [5.41, 5.74) is 6.67. The molecule has 0 aromatic carbocycles. The van der Waals surface area contributed by atoms with Crippen LogP contribution >= 0.6 is 11.6 Å². The monoisotopic (exact) mass is 213 g/mol. The number of halogens is 1. The Morgan fingerprint density at radius 1 is 1.43 bits per heavy atom. The number of hydrogen-bond donors (Lipinski definition) is 1. The van der Waals surface area contributed by atoms with E-state index in [2.05, 4.69) is 13.0 Å². The highest BCUT2D eigenvalue weighted by atomic mass is 35.5. The first kappa shape index (κ1) is 11.6. The molecule has 0 spiro atoms. The van der Waals surface area contributed by atoms with Crippen LogP contribution in [0, 0.1) is 0 Å². The Kier molecular flexibility index (Phi) is 4.53. The second-order valence-corrected chi connectivity index (χ2v) is 4.88. The van der Waals surface area contributed by atoms with Crippen LogP contribution in [-0.2, 0) is 0 Å². The van der Waals surface area contributed by atoms with Gasteiger partial charge in [-0.2, -0.15) is 0 Å². The highest BCUT2D eigenvalue weighted by molar-refractivity contribution is 6.25. The zero-order chi connectivity index (χ0) is 10.4. The molecule has 1 aliphatic carbocycles. The third-order valence-electron chi connectivity index (χ3n) is 2.65. The summed E-state index contributed by atoms with van der Waals surface area (Å²) in [5.74, 6) is 0. The van der Waals surface area contributed by atoms with Crippen molar-refractivity contribution in [1.82, 2.24) is 0 Å². The van der Waals surface area contributed by atoms with E-state index in [-0.39, 0.29) is 4.87 Å². The molecule has 0 aromatic heterocycles. The van der Waals surface area contributed by atoms with Gasteiger partial charge in [-0.3, -0.25) is 0 Å². The maximum Gasteiger partial charge on any atom is 0.0683 e. The summed E-state index contributed by atoms with van der Waals surface area (Å²) in [6.45, 7) is 2.22. The Morgan fingerprint density at radius 3 is 2.86 bits per heavy atom. The molecule has 0 heterocycles. The Morgan fingerprint density at radius 2 is 2.21 bits per heavy atom. The van der Waals surface area contributed by atoms with Crippen molar-refractivity contribution >= 4 is 11.6 Å². The molecule has 1 unspecified atom stereocenters. The van der Waals surface area contributed by atoms with E-state index in [1.165, 1.54) is 25.7 Å². The van der Waals surface area contributed by atoms with Crippen LogP contribution in [0.5, 0.6) is 0 Å². The van der Waals surface area contributed by atoms with Gasteiger partial charge >= 0.3 is 0 Å². The van der Waals surface area contributed by atoms with E-state index < -0.39 is 0 Å². The molecule has 0 saturated carbocycles. The van der Waals surface area contributed by atoms with E-state index in [9.17, 15) is 0 Å². The quantitative estimate of drug-likeness (QED) is 0.547. The maximum absolute atomic E-state index is 6.44. The molecular weight excluding hydrogens is 194 g/mol. The summed E-state index contributed by atoms with van der Waals surface area (Å²) in [4.78, 5) is -0.202. The third-order valence-corrected chi connectivity index (χ3v) is 3.10. The summed E-state index contributed by atoms with van der Waals surface area (Å²) < 4.78 is 0. The van der Waals surface area contributed by atoms with Crippen LogP contribution in [0.3, 0.4) is 0 Å². The van der Waals surface area contributed by atoms with E-state index in [4.69, 9.17) is 17.3 Å². The number of unbranched alkanes of at least 4 members (excludes halogenated alkanes) is 3. The Balaban J connectivity index is 2.29. The number of rotatable bonds is 5. The molecule has 0 saturated heterocycles. The van der Waals surface area contributed by atoms with E-state index in [1.54, 1.807) is 0 Å². The summed E-state index contributed by atoms with van der Waals surface area (Å²) in [6, 6.07) is 0. The number of allylic oxidation sites excluding steroid dienone is 4. The van der Waals surface area contributed by atoms with Gasteiger partial charge in [0.05, 0.1) is 4.87 Å². The van der Waals surface area contributed by atoms with Crippen molar-refractivity contribution in [1.29, 1.82) is 0 Å². The van der Waals surface area contributed by atoms with Crippen molar-refractivity contribution in [3.63, 3.8) is 0 Å². The predicted octanol–water partition coefficient (Wildman–Crippen LogP) is 3.74. The third kappa shape index (κ3) is 3.75. The van der Waals surface area contributed by atoms with Crippen LogP contribution in [0.25, 0.3) is 0 Å². The normalized spacial score (nSPS) is 26.3. The maximum atomic E-state index is 6.44. The van der Waals surface area contributed by atoms with Crippen LogP contribution in [0.15, 0.2) is 23.9 Å². The summed E-state index contributed by atoms with van der Waals surface area (Å²) in [6.07, 6.45) is 12.9. The molecule has 1 rings (SSSR count). The van der Waals surface area contributed by atoms with E-state index in [0.29, 0.717) is 0 Å². The van der Waals surface area contributed by atoms with Gasteiger partial charge in [0.1, 0.15) is 0 Å². The number of nitrogens with two attached hydrogens (primary N) is 1. The standard InChI is InChI=1S/C12H20ClN/c1-2-3-4-5-8-12(13)9-6-7-11(14)10-12/h6-7,9H,2-5,8,10,14H2,1H3. The second kappa shape index (κ2) is 5.45. The predicted molar refractivity (Wildman–Crippen MR) is 63.4 cm³/mol. The van der Waals surface area contributed by atoms with Gasteiger partial charge in [0.25, 0.3) is 0 Å². The number of alkyl halides is 1. The van der Waals surface area contributed by atoms with Crippen molar-refractivity contribution in [2.45, 2.75) is 50.3 Å². The highest BCUT2D eigenvalue weighted by Crippen LogP contribution is 2.33. The summed E-state index contributed by atoms with van der Waals surface area (Å²) >= 11 is 6.44. The molecule has 80 valence electrons. The Labute approximate surface area is 92.0 Å².